The average molecular weight is 373 g/mol. The lowest BCUT2D eigenvalue weighted by Gasteiger charge is -2.32. The van der Waals surface area contributed by atoms with Crippen molar-refractivity contribution in [3.05, 3.63) is 47.2 Å². The number of allylic oxidation sites excluding steroid dienone is 1. The first-order valence-corrected chi connectivity index (χ1v) is 8.94. The predicted molar refractivity (Wildman–Crippen MR) is 103 cm³/mol. The van der Waals surface area contributed by atoms with Crippen molar-refractivity contribution in [2.24, 2.45) is 4.99 Å². The number of carbonyl (C=O) groups excluding carboxylic acids is 2. The first-order valence-electron chi connectivity index (χ1n) is 8.94. The van der Waals surface area contributed by atoms with Crippen LogP contribution in [0.2, 0.25) is 0 Å². The van der Waals surface area contributed by atoms with E-state index in [1.807, 2.05) is 30.3 Å². The lowest BCUT2D eigenvalue weighted by molar-refractivity contribution is -0.138. The Morgan fingerprint density at radius 1 is 1.22 bits per heavy atom. The molecular formula is C20H27N3O4. The summed E-state index contributed by atoms with van der Waals surface area (Å²) in [6, 6.07) is 9.70. The number of carbonyl (C=O) groups is 2. The molecule has 1 heterocycles. The summed E-state index contributed by atoms with van der Waals surface area (Å²) in [6.07, 6.45) is -0.573. The monoisotopic (exact) mass is 373 g/mol. The Balaban J connectivity index is 2.30. The van der Waals surface area contributed by atoms with Gasteiger partial charge in [0.25, 0.3) is 0 Å². The fourth-order valence-electron chi connectivity index (χ4n) is 2.44. The van der Waals surface area contributed by atoms with Gasteiger partial charge in [-0.25, -0.2) is 19.5 Å². The molecule has 0 atom stereocenters. The highest BCUT2D eigenvalue weighted by Crippen LogP contribution is 2.18. The maximum atomic E-state index is 12.7. The molecule has 0 unspecified atom stereocenters. The number of esters is 1. The Morgan fingerprint density at radius 3 is 2.48 bits per heavy atom. The van der Waals surface area contributed by atoms with E-state index in [0.29, 0.717) is 23.8 Å². The number of hydrogen-bond acceptors (Lipinski definition) is 5. The van der Waals surface area contributed by atoms with Gasteiger partial charge in [0, 0.05) is 5.70 Å². The second-order valence-corrected chi connectivity index (χ2v) is 7.14. The molecule has 0 spiro atoms. The molecule has 7 nitrogen and oxygen atoms in total. The summed E-state index contributed by atoms with van der Waals surface area (Å²) in [6.45, 7) is 9.56. The number of hydrogen-bond donors (Lipinski definition) is 1. The SMILES string of the molecule is CCOC(=O)C1=C(C)NC(=NCc2ccccc2)N(C(=O)OC(C)(C)C)C1. The van der Waals surface area contributed by atoms with Crippen LogP contribution in [0.15, 0.2) is 46.6 Å². The maximum Gasteiger partial charge on any atom is 0.417 e. The van der Waals surface area contributed by atoms with E-state index in [-0.39, 0.29) is 13.2 Å². The van der Waals surface area contributed by atoms with Gasteiger partial charge in [0.2, 0.25) is 5.96 Å². The first kappa shape index (κ1) is 20.5. The molecule has 0 saturated heterocycles. The predicted octanol–water partition coefficient (Wildman–Crippen LogP) is 3.22. The van der Waals surface area contributed by atoms with Crippen molar-refractivity contribution in [2.45, 2.75) is 46.8 Å². The molecule has 1 aliphatic heterocycles. The Morgan fingerprint density at radius 2 is 1.89 bits per heavy atom. The van der Waals surface area contributed by atoms with Crippen molar-refractivity contribution in [2.75, 3.05) is 13.2 Å². The summed E-state index contributed by atoms with van der Waals surface area (Å²) in [4.78, 5) is 30.7. The van der Waals surface area contributed by atoms with E-state index in [4.69, 9.17) is 9.47 Å². The smallest absolute Gasteiger partial charge is 0.417 e. The molecule has 1 aliphatic rings. The van der Waals surface area contributed by atoms with Gasteiger partial charge in [-0.3, -0.25) is 0 Å². The first-order chi connectivity index (χ1) is 12.7. The Kier molecular flexibility index (Phi) is 6.60. The summed E-state index contributed by atoms with van der Waals surface area (Å²) in [5.41, 5.74) is 1.33. The van der Waals surface area contributed by atoms with Crippen LogP contribution in [0.3, 0.4) is 0 Å². The van der Waals surface area contributed by atoms with Gasteiger partial charge in [-0.15, -0.1) is 0 Å². The van der Waals surface area contributed by atoms with Gasteiger partial charge in [-0.2, -0.15) is 0 Å². The van der Waals surface area contributed by atoms with Crippen molar-refractivity contribution in [3.8, 4) is 0 Å². The number of amides is 1. The third kappa shape index (κ3) is 5.84. The zero-order valence-electron chi connectivity index (χ0n) is 16.5. The van der Waals surface area contributed by atoms with E-state index in [1.54, 1.807) is 34.6 Å². The number of nitrogens with one attached hydrogen (secondary N) is 1. The van der Waals surface area contributed by atoms with Crippen LogP contribution in [0.4, 0.5) is 4.79 Å². The molecule has 146 valence electrons. The molecule has 0 radical (unpaired) electrons. The second-order valence-electron chi connectivity index (χ2n) is 7.14. The molecule has 0 saturated carbocycles. The van der Waals surface area contributed by atoms with Crippen LogP contribution in [0.1, 0.15) is 40.2 Å². The van der Waals surface area contributed by atoms with E-state index in [1.165, 1.54) is 4.90 Å². The molecule has 1 aromatic rings. The highest BCUT2D eigenvalue weighted by atomic mass is 16.6. The van der Waals surface area contributed by atoms with E-state index >= 15 is 0 Å². The second kappa shape index (κ2) is 8.70. The summed E-state index contributed by atoms with van der Waals surface area (Å²) in [7, 11) is 0. The van der Waals surface area contributed by atoms with E-state index < -0.39 is 17.7 Å². The molecule has 0 bridgehead atoms. The number of nitrogens with zero attached hydrogens (tertiary/aromatic N) is 2. The van der Waals surface area contributed by atoms with Crippen LogP contribution in [0.25, 0.3) is 0 Å². The lowest BCUT2D eigenvalue weighted by atomic mass is 10.1. The minimum atomic E-state index is -0.665. The van der Waals surface area contributed by atoms with Gasteiger partial charge < -0.3 is 14.8 Å². The van der Waals surface area contributed by atoms with Crippen molar-refractivity contribution < 1.29 is 19.1 Å². The van der Waals surface area contributed by atoms with Crippen LogP contribution in [-0.2, 0) is 20.8 Å². The Labute approximate surface area is 160 Å². The molecule has 0 aromatic heterocycles. The van der Waals surface area contributed by atoms with Crippen LogP contribution in [0, 0.1) is 0 Å². The fourth-order valence-corrected chi connectivity index (χ4v) is 2.44. The Hall–Kier alpha value is -2.83. The number of rotatable bonds is 4. The van der Waals surface area contributed by atoms with Crippen molar-refractivity contribution >= 4 is 18.0 Å². The third-order valence-electron chi connectivity index (χ3n) is 3.71. The highest BCUT2D eigenvalue weighted by molar-refractivity contribution is 6.01. The van der Waals surface area contributed by atoms with Crippen LogP contribution in [0.5, 0.6) is 0 Å². The van der Waals surface area contributed by atoms with Crippen LogP contribution < -0.4 is 5.32 Å². The molecule has 1 amide bonds. The van der Waals surface area contributed by atoms with Crippen LogP contribution in [-0.4, -0.2) is 41.7 Å². The molecule has 0 fully saturated rings. The van der Waals surface area contributed by atoms with Gasteiger partial charge >= 0.3 is 12.1 Å². The fraction of sp³-hybridized carbons (Fsp3) is 0.450. The summed E-state index contributed by atoms with van der Waals surface area (Å²) < 4.78 is 10.6. The average Bonchev–Trinajstić information content (AvgIpc) is 2.59. The maximum absolute atomic E-state index is 12.7. The molecule has 1 N–H and O–H groups in total. The quantitative estimate of drug-likeness (QED) is 0.820. The number of benzene rings is 1. The summed E-state index contributed by atoms with van der Waals surface area (Å²) in [5.74, 6) is -0.114. The molecule has 0 aliphatic carbocycles. The lowest BCUT2D eigenvalue weighted by Crippen LogP contribution is -2.52. The topological polar surface area (TPSA) is 80.2 Å². The summed E-state index contributed by atoms with van der Waals surface area (Å²) in [5, 5.41) is 3.05. The standard InChI is InChI=1S/C20H27N3O4/c1-6-26-17(24)16-13-23(19(25)27-20(3,4)5)18(22-14(16)2)21-12-15-10-8-7-9-11-15/h7-11H,6,12-13H2,1-5H3,(H,21,22). The number of aliphatic imine (C=N–C) groups is 1. The van der Waals surface area contributed by atoms with Gasteiger partial charge in [-0.1, -0.05) is 30.3 Å². The Bertz CT molecular complexity index is 748. The zero-order valence-corrected chi connectivity index (χ0v) is 16.5. The minimum absolute atomic E-state index is 0.0419. The van der Waals surface area contributed by atoms with Gasteiger partial charge in [-0.05, 0) is 40.2 Å². The van der Waals surface area contributed by atoms with Gasteiger partial charge in [0.15, 0.2) is 0 Å². The highest BCUT2D eigenvalue weighted by Gasteiger charge is 2.33. The molecule has 2 rings (SSSR count). The van der Waals surface area contributed by atoms with E-state index in [0.717, 1.165) is 5.56 Å². The van der Waals surface area contributed by atoms with E-state index in [2.05, 4.69) is 10.3 Å². The molecule has 7 heteroatoms. The zero-order chi connectivity index (χ0) is 20.0. The molecule has 27 heavy (non-hydrogen) atoms. The van der Waals surface area contributed by atoms with E-state index in [9.17, 15) is 9.59 Å². The van der Waals surface area contributed by atoms with Gasteiger partial charge in [0.1, 0.15) is 5.60 Å². The van der Waals surface area contributed by atoms with Crippen LogP contribution >= 0.6 is 0 Å². The normalized spacial score (nSPS) is 16.2. The van der Waals surface area contributed by atoms with Gasteiger partial charge in [0.05, 0.1) is 25.3 Å². The largest absolute Gasteiger partial charge is 0.463 e. The van der Waals surface area contributed by atoms with Crippen molar-refractivity contribution in [3.63, 3.8) is 0 Å². The minimum Gasteiger partial charge on any atom is -0.463 e. The number of ether oxygens (including phenoxy) is 2. The van der Waals surface area contributed by atoms with Crippen molar-refractivity contribution in [1.82, 2.24) is 10.2 Å². The molecular weight excluding hydrogens is 346 g/mol. The summed E-state index contributed by atoms with van der Waals surface area (Å²) >= 11 is 0. The number of guanidine groups is 1. The molecule has 1 aromatic carbocycles. The third-order valence-corrected chi connectivity index (χ3v) is 3.71. The van der Waals surface area contributed by atoms with Crippen molar-refractivity contribution in [1.29, 1.82) is 0 Å².